The molecule has 116 valence electrons. The molecule has 0 fully saturated rings. The first kappa shape index (κ1) is 14.8. The predicted molar refractivity (Wildman–Crippen MR) is 89.6 cm³/mol. The number of nitrogens with zero attached hydrogens (tertiary/aromatic N) is 2. The van der Waals surface area contributed by atoms with Crippen molar-refractivity contribution in [1.29, 1.82) is 0 Å². The summed E-state index contributed by atoms with van der Waals surface area (Å²) in [5.74, 6) is 0.521. The summed E-state index contributed by atoms with van der Waals surface area (Å²) in [6.07, 6.45) is 0. The summed E-state index contributed by atoms with van der Waals surface area (Å²) in [5.41, 5.74) is 2.78. The highest BCUT2D eigenvalue weighted by atomic mass is 16.5. The van der Waals surface area contributed by atoms with Gasteiger partial charge in [-0.25, -0.2) is 0 Å². The van der Waals surface area contributed by atoms with Gasteiger partial charge in [-0.1, -0.05) is 30.3 Å². The van der Waals surface area contributed by atoms with E-state index in [2.05, 4.69) is 10.4 Å². The summed E-state index contributed by atoms with van der Waals surface area (Å²) >= 11 is 0. The number of aromatic nitrogens is 2. The van der Waals surface area contributed by atoms with Crippen LogP contribution < -0.4 is 10.1 Å². The zero-order valence-corrected chi connectivity index (χ0v) is 13.0. The smallest absolute Gasteiger partial charge is 0.273 e. The Morgan fingerprint density at radius 1 is 1.09 bits per heavy atom. The van der Waals surface area contributed by atoms with Crippen molar-refractivity contribution in [1.82, 2.24) is 9.78 Å². The van der Waals surface area contributed by atoms with Crippen LogP contribution in [0.2, 0.25) is 0 Å². The minimum absolute atomic E-state index is 0.202. The lowest BCUT2D eigenvalue weighted by Crippen LogP contribution is -2.15. The third kappa shape index (κ3) is 3.08. The van der Waals surface area contributed by atoms with Gasteiger partial charge in [-0.3, -0.25) is 9.48 Å². The topological polar surface area (TPSA) is 56.1 Å². The number of benzene rings is 2. The summed E-state index contributed by atoms with van der Waals surface area (Å²) < 4.78 is 6.92. The first-order chi connectivity index (χ1) is 11.2. The molecule has 0 radical (unpaired) electrons. The Bertz CT molecular complexity index is 825. The van der Waals surface area contributed by atoms with Crippen molar-refractivity contribution < 1.29 is 9.53 Å². The van der Waals surface area contributed by atoms with E-state index >= 15 is 0 Å². The third-order valence-corrected chi connectivity index (χ3v) is 3.53. The van der Waals surface area contributed by atoms with Crippen LogP contribution in [0.1, 0.15) is 10.5 Å². The van der Waals surface area contributed by atoms with Gasteiger partial charge in [0.1, 0.15) is 11.4 Å². The number of carbonyl (C=O) groups is 1. The predicted octanol–water partition coefficient (Wildman–Crippen LogP) is 3.35. The molecule has 0 saturated heterocycles. The fourth-order valence-corrected chi connectivity index (χ4v) is 2.38. The second kappa shape index (κ2) is 6.36. The number of amides is 1. The molecule has 5 nitrogen and oxygen atoms in total. The van der Waals surface area contributed by atoms with Crippen LogP contribution in [0.15, 0.2) is 60.7 Å². The maximum atomic E-state index is 12.4. The van der Waals surface area contributed by atoms with Crippen LogP contribution in [0.25, 0.3) is 11.3 Å². The van der Waals surface area contributed by atoms with Gasteiger partial charge < -0.3 is 10.1 Å². The largest absolute Gasteiger partial charge is 0.496 e. The van der Waals surface area contributed by atoms with Crippen molar-refractivity contribution in [3.8, 4) is 17.0 Å². The Labute approximate surface area is 134 Å². The van der Waals surface area contributed by atoms with Crippen LogP contribution in [0.4, 0.5) is 5.69 Å². The van der Waals surface area contributed by atoms with Gasteiger partial charge in [-0.15, -0.1) is 0 Å². The fourth-order valence-electron chi connectivity index (χ4n) is 2.38. The van der Waals surface area contributed by atoms with Crippen LogP contribution in [0.3, 0.4) is 0 Å². The first-order valence-electron chi connectivity index (χ1n) is 7.23. The number of aryl methyl sites for hydroxylation is 1. The molecule has 1 aromatic heterocycles. The number of methoxy groups -OCH3 is 1. The van der Waals surface area contributed by atoms with Gasteiger partial charge in [0.25, 0.3) is 5.91 Å². The van der Waals surface area contributed by atoms with E-state index in [1.54, 1.807) is 24.9 Å². The van der Waals surface area contributed by atoms with E-state index in [0.717, 1.165) is 17.0 Å². The van der Waals surface area contributed by atoms with E-state index < -0.39 is 0 Å². The van der Waals surface area contributed by atoms with Crippen LogP contribution in [0, 0.1) is 0 Å². The monoisotopic (exact) mass is 307 g/mol. The van der Waals surface area contributed by atoms with Crippen LogP contribution in [0.5, 0.6) is 5.75 Å². The molecule has 1 N–H and O–H groups in total. The zero-order chi connectivity index (χ0) is 16.2. The first-order valence-corrected chi connectivity index (χ1v) is 7.23. The molecule has 0 aliphatic rings. The number of para-hydroxylation sites is 2. The van der Waals surface area contributed by atoms with Gasteiger partial charge in [0, 0.05) is 18.3 Å². The van der Waals surface area contributed by atoms with E-state index in [1.807, 2.05) is 54.6 Å². The Kier molecular flexibility index (Phi) is 4.10. The normalized spacial score (nSPS) is 10.3. The lowest BCUT2D eigenvalue weighted by atomic mass is 10.1. The highest BCUT2D eigenvalue weighted by Gasteiger charge is 2.16. The molecule has 0 saturated carbocycles. The minimum Gasteiger partial charge on any atom is -0.496 e. The number of ether oxygens (including phenoxy) is 1. The number of anilines is 1. The second-order valence-corrected chi connectivity index (χ2v) is 5.06. The summed E-state index contributed by atoms with van der Waals surface area (Å²) in [4.78, 5) is 12.4. The molecule has 0 spiro atoms. The zero-order valence-electron chi connectivity index (χ0n) is 13.0. The highest BCUT2D eigenvalue weighted by molar-refractivity contribution is 6.03. The Morgan fingerprint density at radius 2 is 1.78 bits per heavy atom. The molecule has 23 heavy (non-hydrogen) atoms. The van der Waals surface area contributed by atoms with Crippen LogP contribution in [-0.2, 0) is 7.05 Å². The summed E-state index contributed by atoms with van der Waals surface area (Å²) in [6.45, 7) is 0. The lowest BCUT2D eigenvalue weighted by Gasteiger charge is -2.04. The Morgan fingerprint density at radius 3 is 2.52 bits per heavy atom. The average Bonchev–Trinajstić information content (AvgIpc) is 2.97. The molecule has 0 atom stereocenters. The van der Waals surface area contributed by atoms with Crippen molar-refractivity contribution in [2.45, 2.75) is 0 Å². The molecule has 0 bridgehead atoms. The molecule has 3 aromatic rings. The molecule has 3 rings (SSSR count). The van der Waals surface area contributed by atoms with Gasteiger partial charge in [-0.05, 0) is 30.3 Å². The van der Waals surface area contributed by atoms with Gasteiger partial charge >= 0.3 is 0 Å². The maximum Gasteiger partial charge on any atom is 0.273 e. The molecule has 0 aliphatic heterocycles. The van der Waals surface area contributed by atoms with E-state index in [1.165, 1.54) is 0 Å². The number of carbonyl (C=O) groups excluding carboxylic acids is 1. The van der Waals surface area contributed by atoms with Gasteiger partial charge in [0.2, 0.25) is 0 Å². The van der Waals surface area contributed by atoms with Gasteiger partial charge in [0.15, 0.2) is 0 Å². The van der Waals surface area contributed by atoms with Crippen molar-refractivity contribution in [2.75, 3.05) is 12.4 Å². The standard InChI is InChI=1S/C18H17N3O2/c1-21-16(18(22)19-13-8-4-3-5-9-13)12-15(20-21)14-10-6-7-11-17(14)23-2/h3-12H,1-2H3,(H,19,22). The second-order valence-electron chi connectivity index (χ2n) is 5.06. The third-order valence-electron chi connectivity index (χ3n) is 3.53. The lowest BCUT2D eigenvalue weighted by molar-refractivity contribution is 0.101. The summed E-state index contributed by atoms with van der Waals surface area (Å²) in [7, 11) is 3.36. The quantitative estimate of drug-likeness (QED) is 0.804. The molecule has 0 unspecified atom stereocenters. The fraction of sp³-hybridized carbons (Fsp3) is 0.111. The molecular formula is C18H17N3O2. The molecule has 1 heterocycles. The van der Waals surface area contributed by atoms with E-state index in [-0.39, 0.29) is 5.91 Å². The van der Waals surface area contributed by atoms with E-state index in [9.17, 15) is 4.79 Å². The maximum absolute atomic E-state index is 12.4. The molecular weight excluding hydrogens is 290 g/mol. The van der Waals surface area contributed by atoms with Crippen LogP contribution >= 0.6 is 0 Å². The van der Waals surface area contributed by atoms with E-state index in [0.29, 0.717) is 11.4 Å². The van der Waals surface area contributed by atoms with Crippen molar-refractivity contribution in [2.24, 2.45) is 7.05 Å². The number of nitrogens with one attached hydrogen (secondary N) is 1. The molecule has 0 aliphatic carbocycles. The summed E-state index contributed by atoms with van der Waals surface area (Å²) in [5, 5.41) is 7.29. The van der Waals surface area contributed by atoms with E-state index in [4.69, 9.17) is 4.74 Å². The van der Waals surface area contributed by atoms with Crippen molar-refractivity contribution >= 4 is 11.6 Å². The molecule has 2 aromatic carbocycles. The Hall–Kier alpha value is -3.08. The number of hydrogen-bond donors (Lipinski definition) is 1. The number of hydrogen-bond acceptors (Lipinski definition) is 3. The molecule has 1 amide bonds. The minimum atomic E-state index is -0.202. The van der Waals surface area contributed by atoms with Gasteiger partial charge in [0.05, 0.1) is 12.8 Å². The van der Waals surface area contributed by atoms with Gasteiger partial charge in [-0.2, -0.15) is 5.10 Å². The molecule has 5 heteroatoms. The van der Waals surface area contributed by atoms with Crippen molar-refractivity contribution in [3.63, 3.8) is 0 Å². The van der Waals surface area contributed by atoms with Crippen LogP contribution in [-0.4, -0.2) is 22.8 Å². The SMILES string of the molecule is COc1ccccc1-c1cc(C(=O)Nc2ccccc2)n(C)n1. The Balaban J connectivity index is 1.90. The highest BCUT2D eigenvalue weighted by Crippen LogP contribution is 2.29. The van der Waals surface area contributed by atoms with Crippen molar-refractivity contribution in [3.05, 3.63) is 66.4 Å². The average molecular weight is 307 g/mol. The number of rotatable bonds is 4. The summed E-state index contributed by atoms with van der Waals surface area (Å²) in [6, 6.07) is 18.7.